The van der Waals surface area contributed by atoms with Crippen LogP contribution in [0.25, 0.3) is 23.3 Å². The van der Waals surface area contributed by atoms with Gasteiger partial charge in [-0.05, 0) is 46.7 Å². The minimum absolute atomic E-state index is 0.850. The van der Waals surface area contributed by atoms with E-state index in [9.17, 15) is 0 Å². The predicted octanol–water partition coefficient (Wildman–Crippen LogP) is 6.48. The highest BCUT2D eigenvalue weighted by Gasteiger charge is 2.07. The van der Waals surface area contributed by atoms with Crippen molar-refractivity contribution in [3.8, 4) is 0 Å². The van der Waals surface area contributed by atoms with Gasteiger partial charge in [0.25, 0.3) is 0 Å². The molecule has 0 heteroatoms. The normalized spacial score (nSPS) is 11.5. The highest BCUT2D eigenvalue weighted by atomic mass is 14.1. The number of rotatable bonds is 6. The van der Waals surface area contributed by atoms with E-state index < -0.39 is 0 Å². The third kappa shape index (κ3) is 3.53. The first-order valence-corrected chi connectivity index (χ1v) is 7.46. The molecular formula is C22H22. The largest absolute Gasteiger partial charge is 0.103 e. The average molecular weight is 286 g/mol. The SMILES string of the molecule is C=CC/C(=C(\C)c1ccc(C=C)cc1)c1ccc(C=C)cc1. The van der Waals surface area contributed by atoms with Gasteiger partial charge in [-0.15, -0.1) is 6.58 Å². The Hall–Kier alpha value is -2.60. The third-order valence-corrected chi connectivity index (χ3v) is 3.88. The molecule has 0 saturated heterocycles. The van der Waals surface area contributed by atoms with Crippen LogP contribution in [0.4, 0.5) is 0 Å². The molecule has 0 aliphatic carbocycles. The van der Waals surface area contributed by atoms with Gasteiger partial charge in [0.05, 0.1) is 0 Å². The molecule has 2 aromatic rings. The first-order valence-electron chi connectivity index (χ1n) is 7.46. The van der Waals surface area contributed by atoms with Crippen LogP contribution in [0.1, 0.15) is 35.6 Å². The van der Waals surface area contributed by atoms with E-state index in [1.54, 1.807) is 0 Å². The second-order valence-electron chi connectivity index (χ2n) is 5.25. The van der Waals surface area contributed by atoms with Crippen LogP contribution in [-0.4, -0.2) is 0 Å². The summed E-state index contributed by atoms with van der Waals surface area (Å²) < 4.78 is 0. The van der Waals surface area contributed by atoms with Crippen LogP contribution < -0.4 is 0 Å². The van der Waals surface area contributed by atoms with Crippen LogP contribution in [0.2, 0.25) is 0 Å². The van der Waals surface area contributed by atoms with E-state index in [4.69, 9.17) is 0 Å². The minimum Gasteiger partial charge on any atom is -0.103 e. The fraction of sp³-hybridized carbons (Fsp3) is 0.0909. The van der Waals surface area contributed by atoms with Crippen LogP contribution in [-0.2, 0) is 0 Å². The Labute approximate surface area is 133 Å². The van der Waals surface area contributed by atoms with Gasteiger partial charge in [0.15, 0.2) is 0 Å². The Morgan fingerprint density at radius 1 is 0.773 bits per heavy atom. The van der Waals surface area contributed by atoms with Gasteiger partial charge in [-0.2, -0.15) is 0 Å². The van der Waals surface area contributed by atoms with E-state index in [2.05, 4.69) is 75.2 Å². The first kappa shape index (κ1) is 15.8. The quantitative estimate of drug-likeness (QED) is 0.421. The van der Waals surface area contributed by atoms with E-state index in [-0.39, 0.29) is 0 Å². The van der Waals surface area contributed by atoms with Crippen molar-refractivity contribution in [2.75, 3.05) is 0 Å². The Kier molecular flexibility index (Phi) is 5.32. The Morgan fingerprint density at radius 3 is 1.64 bits per heavy atom. The lowest BCUT2D eigenvalue weighted by atomic mass is 9.92. The molecule has 0 N–H and O–H groups in total. The lowest BCUT2D eigenvalue weighted by molar-refractivity contribution is 1.38. The van der Waals surface area contributed by atoms with Crippen LogP contribution in [0.3, 0.4) is 0 Å². The Morgan fingerprint density at radius 2 is 1.23 bits per heavy atom. The molecule has 0 aliphatic rings. The van der Waals surface area contributed by atoms with Gasteiger partial charge >= 0.3 is 0 Å². The topological polar surface area (TPSA) is 0 Å². The maximum atomic E-state index is 3.90. The molecule has 0 fully saturated rings. The van der Waals surface area contributed by atoms with Crippen molar-refractivity contribution in [2.24, 2.45) is 0 Å². The zero-order valence-corrected chi connectivity index (χ0v) is 13.2. The van der Waals surface area contributed by atoms with Crippen molar-refractivity contribution in [2.45, 2.75) is 13.3 Å². The molecule has 0 atom stereocenters. The molecule has 0 amide bonds. The molecule has 0 nitrogen and oxygen atoms in total. The maximum absolute atomic E-state index is 3.90. The molecule has 2 aromatic carbocycles. The molecule has 0 bridgehead atoms. The Balaban J connectivity index is 2.47. The number of hydrogen-bond acceptors (Lipinski definition) is 0. The maximum Gasteiger partial charge on any atom is -0.00913 e. The summed E-state index contributed by atoms with van der Waals surface area (Å²) in [6.45, 7) is 13.7. The summed E-state index contributed by atoms with van der Waals surface area (Å²) >= 11 is 0. The lowest BCUT2D eigenvalue weighted by Gasteiger charge is -2.12. The second-order valence-corrected chi connectivity index (χ2v) is 5.25. The van der Waals surface area contributed by atoms with E-state index in [1.807, 2.05) is 18.2 Å². The molecular weight excluding hydrogens is 264 g/mol. The highest BCUT2D eigenvalue weighted by molar-refractivity contribution is 5.90. The third-order valence-electron chi connectivity index (χ3n) is 3.88. The number of benzene rings is 2. The molecule has 0 saturated carbocycles. The van der Waals surface area contributed by atoms with Crippen molar-refractivity contribution in [3.05, 3.63) is 96.6 Å². The van der Waals surface area contributed by atoms with Crippen molar-refractivity contribution < 1.29 is 0 Å². The molecule has 2 rings (SSSR count). The zero-order chi connectivity index (χ0) is 15.9. The van der Waals surface area contributed by atoms with Gasteiger partial charge in [-0.1, -0.05) is 79.9 Å². The van der Waals surface area contributed by atoms with Crippen molar-refractivity contribution in [1.82, 2.24) is 0 Å². The molecule has 0 unspecified atom stereocenters. The first-order chi connectivity index (χ1) is 10.7. The van der Waals surface area contributed by atoms with E-state index in [0.29, 0.717) is 0 Å². The summed E-state index contributed by atoms with van der Waals surface area (Å²) in [4.78, 5) is 0. The summed E-state index contributed by atoms with van der Waals surface area (Å²) in [5.74, 6) is 0. The number of allylic oxidation sites excluding steroid dienone is 3. The van der Waals surface area contributed by atoms with E-state index in [0.717, 1.165) is 17.5 Å². The van der Waals surface area contributed by atoms with Gasteiger partial charge in [0.1, 0.15) is 0 Å². The molecule has 0 heterocycles. The molecule has 22 heavy (non-hydrogen) atoms. The second kappa shape index (κ2) is 7.42. The predicted molar refractivity (Wildman–Crippen MR) is 100 cm³/mol. The monoisotopic (exact) mass is 286 g/mol. The summed E-state index contributed by atoms with van der Waals surface area (Å²) in [7, 11) is 0. The van der Waals surface area contributed by atoms with Gasteiger partial charge in [0.2, 0.25) is 0 Å². The Bertz CT molecular complexity index is 695. The summed E-state index contributed by atoms with van der Waals surface area (Å²) in [5.41, 5.74) is 7.32. The summed E-state index contributed by atoms with van der Waals surface area (Å²) in [6, 6.07) is 17.0. The molecule has 0 radical (unpaired) electrons. The van der Waals surface area contributed by atoms with Crippen molar-refractivity contribution >= 4 is 23.3 Å². The van der Waals surface area contributed by atoms with Crippen LogP contribution in [0, 0.1) is 0 Å². The lowest BCUT2D eigenvalue weighted by Crippen LogP contribution is -1.90. The van der Waals surface area contributed by atoms with Crippen LogP contribution in [0.15, 0.2) is 74.3 Å². The molecule has 110 valence electrons. The van der Waals surface area contributed by atoms with Crippen LogP contribution in [0.5, 0.6) is 0 Å². The van der Waals surface area contributed by atoms with Crippen molar-refractivity contribution in [3.63, 3.8) is 0 Å². The molecule has 0 aromatic heterocycles. The van der Waals surface area contributed by atoms with Crippen LogP contribution >= 0.6 is 0 Å². The minimum atomic E-state index is 0.850. The van der Waals surface area contributed by atoms with Gasteiger partial charge < -0.3 is 0 Å². The zero-order valence-electron chi connectivity index (χ0n) is 13.2. The number of hydrogen-bond donors (Lipinski definition) is 0. The molecule has 0 spiro atoms. The summed E-state index contributed by atoms with van der Waals surface area (Å²) in [6.07, 6.45) is 6.53. The standard InChI is InChI=1S/C22H22/c1-5-8-22(21-15-11-19(7-3)12-16-21)17(4)20-13-9-18(6-2)10-14-20/h5-7,9-16H,1-3,8H2,4H3/b22-17-. The van der Waals surface area contributed by atoms with E-state index >= 15 is 0 Å². The van der Waals surface area contributed by atoms with Crippen molar-refractivity contribution in [1.29, 1.82) is 0 Å². The fourth-order valence-electron chi connectivity index (χ4n) is 2.50. The molecule has 0 aliphatic heterocycles. The summed E-state index contributed by atoms with van der Waals surface area (Å²) in [5, 5.41) is 0. The van der Waals surface area contributed by atoms with Gasteiger partial charge in [-0.25, -0.2) is 0 Å². The highest BCUT2D eigenvalue weighted by Crippen LogP contribution is 2.29. The van der Waals surface area contributed by atoms with Gasteiger partial charge in [-0.3, -0.25) is 0 Å². The fourth-order valence-corrected chi connectivity index (χ4v) is 2.50. The van der Waals surface area contributed by atoms with Gasteiger partial charge in [0, 0.05) is 0 Å². The smallest absolute Gasteiger partial charge is 0.00913 e. The van der Waals surface area contributed by atoms with E-state index in [1.165, 1.54) is 22.3 Å². The average Bonchev–Trinajstić information content (AvgIpc) is 2.59.